The summed E-state index contributed by atoms with van der Waals surface area (Å²) in [5, 5.41) is 0. The average Bonchev–Trinajstić information content (AvgIpc) is 2.46. The van der Waals surface area contributed by atoms with Crippen LogP contribution < -0.4 is 4.90 Å². The van der Waals surface area contributed by atoms with Crippen molar-refractivity contribution in [1.82, 2.24) is 0 Å². The molecule has 1 aliphatic heterocycles. The molecule has 3 nitrogen and oxygen atoms in total. The Kier molecular flexibility index (Phi) is 3.64. The van der Waals surface area contributed by atoms with Gasteiger partial charge in [-0.3, -0.25) is 9.59 Å². The molecule has 1 heterocycles. The molecule has 0 saturated carbocycles. The number of benzene rings is 2. The normalized spacial score (nSPS) is 17.5. The van der Waals surface area contributed by atoms with Crippen molar-refractivity contribution in [3.8, 4) is 0 Å². The molecule has 0 aliphatic carbocycles. The van der Waals surface area contributed by atoms with Crippen molar-refractivity contribution in [2.75, 3.05) is 4.90 Å². The second kappa shape index (κ2) is 5.45. The maximum absolute atomic E-state index is 12.4. The molecule has 0 spiro atoms. The number of hydrogen-bond donors (Lipinski definition) is 0. The molecular weight excluding hydrogens is 330 g/mol. The summed E-state index contributed by atoms with van der Waals surface area (Å²) in [7, 11) is 0. The third-order valence-corrected chi connectivity index (χ3v) is 4.22. The predicted molar refractivity (Wildman–Crippen MR) is 85.4 cm³/mol. The minimum atomic E-state index is -0.248. The molecule has 2 aromatic carbocycles. The summed E-state index contributed by atoms with van der Waals surface area (Å²) in [5.41, 5.74) is 2.28. The molecule has 3 rings (SSSR count). The number of fused-ring (bicyclic) bond motifs is 1. The number of amides is 1. The van der Waals surface area contributed by atoms with Crippen LogP contribution in [0.25, 0.3) is 0 Å². The second-order valence-electron chi connectivity index (χ2n) is 5.10. The Morgan fingerprint density at radius 3 is 2.67 bits per heavy atom. The Labute approximate surface area is 131 Å². The summed E-state index contributed by atoms with van der Waals surface area (Å²) in [6.07, 6.45) is 0.313. The number of ketones is 1. The molecule has 0 N–H and O–H groups in total. The number of nitrogens with zero attached hydrogens (tertiary/aromatic N) is 1. The van der Waals surface area contributed by atoms with E-state index >= 15 is 0 Å². The van der Waals surface area contributed by atoms with Gasteiger partial charge in [-0.05, 0) is 29.8 Å². The Balaban J connectivity index is 2.14. The molecule has 1 unspecified atom stereocenters. The minimum absolute atomic E-state index is 0.0556. The predicted octanol–water partition coefficient (Wildman–Crippen LogP) is 4.13. The number of carbonyl (C=O) groups is 2. The average molecular weight is 344 g/mol. The maximum atomic E-state index is 12.4. The van der Waals surface area contributed by atoms with Crippen LogP contribution in [0.2, 0.25) is 0 Å². The fourth-order valence-corrected chi connectivity index (χ4v) is 3.25. The monoisotopic (exact) mass is 343 g/mol. The van der Waals surface area contributed by atoms with Gasteiger partial charge < -0.3 is 4.90 Å². The number of Topliss-reactive ketones (excluding diaryl/α,β-unsaturated/α-hetero) is 1. The van der Waals surface area contributed by atoms with Gasteiger partial charge in [0.15, 0.2) is 5.78 Å². The second-order valence-corrected chi connectivity index (χ2v) is 6.02. The van der Waals surface area contributed by atoms with Crippen LogP contribution in [-0.4, -0.2) is 11.7 Å². The SMILES string of the molecule is CC(=O)N1c2ccccc2C(=O)CC1c1cccc(Br)c1. The zero-order valence-electron chi connectivity index (χ0n) is 11.5. The van der Waals surface area contributed by atoms with E-state index in [9.17, 15) is 9.59 Å². The number of halogens is 1. The number of para-hydroxylation sites is 1. The number of rotatable bonds is 1. The van der Waals surface area contributed by atoms with Crippen molar-refractivity contribution in [2.45, 2.75) is 19.4 Å². The Morgan fingerprint density at radius 2 is 1.95 bits per heavy atom. The molecular formula is C17H14BrNO2. The van der Waals surface area contributed by atoms with Crippen molar-refractivity contribution < 1.29 is 9.59 Å². The summed E-state index contributed by atoms with van der Waals surface area (Å²) in [6, 6.07) is 14.8. The highest BCUT2D eigenvalue weighted by Crippen LogP contribution is 2.38. The first-order valence-corrected chi connectivity index (χ1v) is 7.54. The molecule has 21 heavy (non-hydrogen) atoms. The minimum Gasteiger partial charge on any atom is -0.304 e. The zero-order valence-corrected chi connectivity index (χ0v) is 13.1. The highest BCUT2D eigenvalue weighted by molar-refractivity contribution is 9.10. The van der Waals surface area contributed by atoms with E-state index in [1.807, 2.05) is 42.5 Å². The van der Waals surface area contributed by atoms with Crippen LogP contribution in [0.4, 0.5) is 5.69 Å². The first-order valence-electron chi connectivity index (χ1n) is 6.75. The molecule has 1 atom stereocenters. The van der Waals surface area contributed by atoms with Gasteiger partial charge in [0.25, 0.3) is 0 Å². The fourth-order valence-electron chi connectivity index (χ4n) is 2.83. The van der Waals surface area contributed by atoms with Gasteiger partial charge in [0.2, 0.25) is 5.91 Å². The summed E-state index contributed by atoms with van der Waals surface area (Å²) in [6.45, 7) is 1.54. The first-order chi connectivity index (χ1) is 10.1. The van der Waals surface area contributed by atoms with E-state index in [1.54, 1.807) is 11.0 Å². The van der Waals surface area contributed by atoms with Gasteiger partial charge in [0.1, 0.15) is 0 Å². The van der Waals surface area contributed by atoms with E-state index in [4.69, 9.17) is 0 Å². The highest BCUT2D eigenvalue weighted by atomic mass is 79.9. The zero-order chi connectivity index (χ0) is 15.0. The largest absolute Gasteiger partial charge is 0.304 e. The highest BCUT2D eigenvalue weighted by Gasteiger charge is 2.34. The molecule has 0 bridgehead atoms. The smallest absolute Gasteiger partial charge is 0.224 e. The van der Waals surface area contributed by atoms with Crippen LogP contribution in [0.3, 0.4) is 0 Å². The van der Waals surface area contributed by atoms with Gasteiger partial charge in [-0.1, -0.05) is 40.2 Å². The van der Waals surface area contributed by atoms with Crippen LogP contribution in [0.5, 0.6) is 0 Å². The van der Waals surface area contributed by atoms with Crippen molar-refractivity contribution in [3.63, 3.8) is 0 Å². The fraction of sp³-hybridized carbons (Fsp3) is 0.176. The summed E-state index contributed by atoms with van der Waals surface area (Å²) in [4.78, 5) is 26.2. The molecule has 0 radical (unpaired) electrons. The standard InChI is InChI=1S/C17H14BrNO2/c1-11(20)19-15-8-3-2-7-14(15)17(21)10-16(19)12-5-4-6-13(18)9-12/h2-9,16H,10H2,1H3. The Morgan fingerprint density at radius 1 is 1.19 bits per heavy atom. The lowest BCUT2D eigenvalue weighted by atomic mass is 9.90. The van der Waals surface area contributed by atoms with Crippen molar-refractivity contribution >= 4 is 33.3 Å². The molecule has 0 saturated heterocycles. The molecule has 2 aromatic rings. The van der Waals surface area contributed by atoms with Gasteiger partial charge in [0.05, 0.1) is 11.7 Å². The van der Waals surface area contributed by atoms with E-state index in [1.165, 1.54) is 6.92 Å². The quantitative estimate of drug-likeness (QED) is 0.780. The van der Waals surface area contributed by atoms with Crippen molar-refractivity contribution in [3.05, 3.63) is 64.1 Å². The molecule has 106 valence electrons. The van der Waals surface area contributed by atoms with E-state index in [0.29, 0.717) is 17.7 Å². The molecule has 0 aromatic heterocycles. The van der Waals surface area contributed by atoms with Gasteiger partial charge in [-0.15, -0.1) is 0 Å². The van der Waals surface area contributed by atoms with E-state index in [-0.39, 0.29) is 17.7 Å². The van der Waals surface area contributed by atoms with Crippen LogP contribution >= 0.6 is 15.9 Å². The van der Waals surface area contributed by atoms with E-state index in [0.717, 1.165) is 10.0 Å². The van der Waals surface area contributed by atoms with Gasteiger partial charge >= 0.3 is 0 Å². The van der Waals surface area contributed by atoms with Crippen molar-refractivity contribution in [2.24, 2.45) is 0 Å². The van der Waals surface area contributed by atoms with Crippen LogP contribution in [0.15, 0.2) is 53.0 Å². The maximum Gasteiger partial charge on any atom is 0.224 e. The number of hydrogen-bond acceptors (Lipinski definition) is 2. The van der Waals surface area contributed by atoms with E-state index in [2.05, 4.69) is 15.9 Å². The molecule has 1 aliphatic rings. The van der Waals surface area contributed by atoms with Crippen LogP contribution in [-0.2, 0) is 4.79 Å². The lowest BCUT2D eigenvalue weighted by Gasteiger charge is -2.36. The van der Waals surface area contributed by atoms with Crippen LogP contribution in [0.1, 0.15) is 35.3 Å². The third kappa shape index (κ3) is 2.51. The molecule has 0 fully saturated rings. The number of carbonyl (C=O) groups excluding carboxylic acids is 2. The molecule has 4 heteroatoms. The lowest BCUT2D eigenvalue weighted by Crippen LogP contribution is -2.38. The Bertz CT molecular complexity index is 726. The Hall–Kier alpha value is -1.94. The molecule has 1 amide bonds. The van der Waals surface area contributed by atoms with Gasteiger partial charge in [0, 0.05) is 23.4 Å². The topological polar surface area (TPSA) is 37.4 Å². The third-order valence-electron chi connectivity index (χ3n) is 3.73. The van der Waals surface area contributed by atoms with Crippen LogP contribution in [0, 0.1) is 0 Å². The summed E-state index contributed by atoms with van der Waals surface area (Å²) >= 11 is 3.44. The van der Waals surface area contributed by atoms with Gasteiger partial charge in [-0.25, -0.2) is 0 Å². The van der Waals surface area contributed by atoms with Gasteiger partial charge in [-0.2, -0.15) is 0 Å². The number of anilines is 1. The lowest BCUT2D eigenvalue weighted by molar-refractivity contribution is -0.117. The summed E-state index contributed by atoms with van der Waals surface area (Å²) in [5.74, 6) is 0.0213. The van der Waals surface area contributed by atoms with E-state index < -0.39 is 0 Å². The first kappa shape index (κ1) is 14.0. The summed E-state index contributed by atoms with van der Waals surface area (Å²) < 4.78 is 0.940. The van der Waals surface area contributed by atoms with Crippen molar-refractivity contribution in [1.29, 1.82) is 0 Å².